The minimum absolute atomic E-state index is 0.0776. The van der Waals surface area contributed by atoms with Crippen LogP contribution in [0.5, 0.6) is 0 Å². The molecule has 1 aliphatic carbocycles. The highest BCUT2D eigenvalue weighted by molar-refractivity contribution is 6.30. The van der Waals surface area contributed by atoms with Crippen LogP contribution in [0.2, 0.25) is 0 Å². The van der Waals surface area contributed by atoms with E-state index in [4.69, 9.17) is 0 Å². The lowest BCUT2D eigenvalue weighted by Crippen LogP contribution is -2.29. The van der Waals surface area contributed by atoms with Gasteiger partial charge in [-0.15, -0.1) is 0 Å². The molecule has 0 radical (unpaired) electrons. The molecule has 0 spiro atoms. The number of carbonyl (C=O) groups excluding carboxylic acids is 3. The maximum Gasteiger partial charge on any atom is 0.195 e. The molecule has 2 aromatic carbocycles. The van der Waals surface area contributed by atoms with Crippen molar-refractivity contribution in [1.82, 2.24) is 0 Å². The first-order chi connectivity index (χ1) is 9.11. The van der Waals surface area contributed by atoms with Crippen molar-refractivity contribution in [2.45, 2.75) is 0 Å². The van der Waals surface area contributed by atoms with Crippen molar-refractivity contribution in [3.8, 4) is 0 Å². The maximum atomic E-state index is 12.3. The summed E-state index contributed by atoms with van der Waals surface area (Å²) in [7, 11) is 0. The molecule has 0 heterocycles. The first kappa shape index (κ1) is 11.3. The van der Waals surface area contributed by atoms with Crippen LogP contribution in [-0.2, 0) is 0 Å². The molecule has 1 aliphatic rings. The van der Waals surface area contributed by atoms with Gasteiger partial charge < -0.3 is 9.90 Å². The second-order valence-corrected chi connectivity index (χ2v) is 4.22. The Morgan fingerprint density at radius 1 is 0.789 bits per heavy atom. The number of carbonyl (C=O) groups is 3. The van der Waals surface area contributed by atoms with Gasteiger partial charge in [0.15, 0.2) is 11.6 Å². The molecule has 4 heteroatoms. The molecule has 92 valence electrons. The topological polar surface area (TPSA) is 74.3 Å². The third-order valence-electron chi connectivity index (χ3n) is 3.17. The van der Waals surface area contributed by atoms with Gasteiger partial charge in [-0.1, -0.05) is 42.5 Å². The first-order valence-corrected chi connectivity index (χ1v) is 5.64. The number of rotatable bonds is 1. The summed E-state index contributed by atoms with van der Waals surface area (Å²) in [6.45, 7) is 0. The molecular formula is C15H7O4-. The van der Waals surface area contributed by atoms with E-state index in [1.807, 2.05) is 0 Å². The van der Waals surface area contributed by atoms with Crippen LogP contribution in [0.3, 0.4) is 0 Å². The second kappa shape index (κ2) is 3.88. The zero-order valence-corrected chi connectivity index (χ0v) is 9.67. The quantitative estimate of drug-likeness (QED) is 0.642. The number of carboxylic acid groups (broad SMARTS) is 1. The number of fused-ring (bicyclic) bond motifs is 2. The van der Waals surface area contributed by atoms with Gasteiger partial charge in [0, 0.05) is 27.8 Å². The lowest BCUT2D eigenvalue weighted by atomic mass is 9.82. The van der Waals surface area contributed by atoms with E-state index >= 15 is 0 Å². The molecule has 0 fully saturated rings. The van der Waals surface area contributed by atoms with Crippen molar-refractivity contribution < 1.29 is 19.5 Å². The van der Waals surface area contributed by atoms with E-state index in [-0.39, 0.29) is 28.0 Å². The SMILES string of the molecule is O=C([O-])c1cccc2c1C(=O)c1ccccc1C2=O. The second-order valence-electron chi connectivity index (χ2n) is 4.22. The Bertz CT molecular complexity index is 744. The van der Waals surface area contributed by atoms with Crippen LogP contribution in [0.25, 0.3) is 0 Å². The Balaban J connectivity index is 2.36. The average molecular weight is 251 g/mol. The number of ketones is 2. The van der Waals surface area contributed by atoms with E-state index in [1.54, 1.807) is 18.2 Å². The summed E-state index contributed by atoms with van der Waals surface area (Å²) in [5.41, 5.74) is 0.325. The highest BCUT2D eigenvalue weighted by Crippen LogP contribution is 2.29. The van der Waals surface area contributed by atoms with Gasteiger partial charge in [0.25, 0.3) is 0 Å². The van der Waals surface area contributed by atoms with Crippen molar-refractivity contribution in [3.63, 3.8) is 0 Å². The van der Waals surface area contributed by atoms with Gasteiger partial charge in [-0.25, -0.2) is 0 Å². The Morgan fingerprint density at radius 3 is 2.00 bits per heavy atom. The van der Waals surface area contributed by atoms with Gasteiger partial charge in [0.05, 0.1) is 5.97 Å². The van der Waals surface area contributed by atoms with Crippen LogP contribution < -0.4 is 5.11 Å². The minimum atomic E-state index is -1.46. The van der Waals surface area contributed by atoms with Crippen molar-refractivity contribution in [2.75, 3.05) is 0 Å². The lowest BCUT2D eigenvalue weighted by molar-refractivity contribution is -0.255. The van der Waals surface area contributed by atoms with E-state index in [2.05, 4.69) is 0 Å². The zero-order chi connectivity index (χ0) is 13.6. The van der Waals surface area contributed by atoms with Crippen LogP contribution >= 0.6 is 0 Å². The van der Waals surface area contributed by atoms with Crippen molar-refractivity contribution >= 4 is 17.5 Å². The average Bonchev–Trinajstić information content (AvgIpc) is 2.44. The maximum absolute atomic E-state index is 12.3. The fraction of sp³-hybridized carbons (Fsp3) is 0. The molecule has 0 atom stereocenters. The van der Waals surface area contributed by atoms with Gasteiger partial charge in [-0.05, 0) is 0 Å². The summed E-state index contributed by atoms with van der Waals surface area (Å²) in [4.78, 5) is 35.7. The zero-order valence-electron chi connectivity index (χ0n) is 9.67. The van der Waals surface area contributed by atoms with E-state index in [9.17, 15) is 19.5 Å². The molecule has 0 unspecified atom stereocenters. The van der Waals surface area contributed by atoms with Crippen molar-refractivity contribution in [3.05, 3.63) is 70.3 Å². The Kier molecular flexibility index (Phi) is 2.32. The number of hydrogen-bond donors (Lipinski definition) is 0. The highest BCUT2D eigenvalue weighted by Gasteiger charge is 2.31. The highest BCUT2D eigenvalue weighted by atomic mass is 16.4. The van der Waals surface area contributed by atoms with Gasteiger partial charge in [0.1, 0.15) is 0 Å². The van der Waals surface area contributed by atoms with Crippen LogP contribution in [0.15, 0.2) is 42.5 Å². The molecular weight excluding hydrogens is 244 g/mol. The normalized spacial score (nSPS) is 12.8. The van der Waals surface area contributed by atoms with Crippen LogP contribution in [0.1, 0.15) is 42.2 Å². The first-order valence-electron chi connectivity index (χ1n) is 5.64. The Hall–Kier alpha value is -2.75. The largest absolute Gasteiger partial charge is 0.545 e. The van der Waals surface area contributed by atoms with Gasteiger partial charge >= 0.3 is 0 Å². The van der Waals surface area contributed by atoms with E-state index in [1.165, 1.54) is 24.3 Å². The molecule has 0 N–H and O–H groups in total. The molecule has 0 bridgehead atoms. The van der Waals surface area contributed by atoms with Crippen LogP contribution in [0, 0.1) is 0 Å². The Morgan fingerprint density at radius 2 is 1.37 bits per heavy atom. The molecule has 0 saturated carbocycles. The fourth-order valence-electron chi connectivity index (χ4n) is 2.32. The van der Waals surface area contributed by atoms with Gasteiger partial charge in [-0.2, -0.15) is 0 Å². The molecule has 0 amide bonds. The van der Waals surface area contributed by atoms with E-state index in [0.29, 0.717) is 5.56 Å². The number of aromatic carboxylic acids is 1. The number of carboxylic acids is 1. The summed E-state index contributed by atoms with van der Waals surface area (Å²) in [5, 5.41) is 11.1. The summed E-state index contributed by atoms with van der Waals surface area (Å²) in [5.74, 6) is -2.25. The molecule has 0 aliphatic heterocycles. The fourth-order valence-corrected chi connectivity index (χ4v) is 2.32. The molecule has 4 nitrogen and oxygen atoms in total. The molecule has 3 rings (SSSR count). The van der Waals surface area contributed by atoms with Crippen molar-refractivity contribution in [1.29, 1.82) is 0 Å². The van der Waals surface area contributed by atoms with E-state index in [0.717, 1.165) is 0 Å². The molecule has 19 heavy (non-hydrogen) atoms. The Labute approximate surface area is 108 Å². The molecule has 0 aromatic heterocycles. The van der Waals surface area contributed by atoms with Crippen molar-refractivity contribution in [2.24, 2.45) is 0 Å². The monoisotopic (exact) mass is 251 g/mol. The predicted octanol–water partition coefficient (Wildman–Crippen LogP) is 0.825. The molecule has 0 saturated heterocycles. The van der Waals surface area contributed by atoms with Crippen LogP contribution in [0.4, 0.5) is 0 Å². The number of benzene rings is 2. The number of hydrogen-bond acceptors (Lipinski definition) is 4. The summed E-state index contributed by atoms with van der Waals surface area (Å²) < 4.78 is 0. The summed E-state index contributed by atoms with van der Waals surface area (Å²) >= 11 is 0. The van der Waals surface area contributed by atoms with Crippen LogP contribution in [-0.4, -0.2) is 17.5 Å². The predicted molar refractivity (Wildman–Crippen MR) is 64.1 cm³/mol. The smallest absolute Gasteiger partial charge is 0.195 e. The van der Waals surface area contributed by atoms with E-state index < -0.39 is 11.8 Å². The third-order valence-corrected chi connectivity index (χ3v) is 3.17. The third kappa shape index (κ3) is 1.50. The standard InChI is InChI=1S/C15H8O4/c16-13-8-4-1-2-5-9(8)14(17)12-10(13)6-3-7-11(12)15(18)19/h1-7H,(H,18,19)/p-1. The van der Waals surface area contributed by atoms with Gasteiger partial charge in [0.2, 0.25) is 0 Å². The molecule has 2 aromatic rings. The summed E-state index contributed by atoms with van der Waals surface area (Å²) in [6, 6.07) is 10.5. The summed E-state index contributed by atoms with van der Waals surface area (Å²) in [6.07, 6.45) is 0. The van der Waals surface area contributed by atoms with Gasteiger partial charge in [-0.3, -0.25) is 9.59 Å². The lowest BCUT2D eigenvalue weighted by Gasteiger charge is -2.20. The minimum Gasteiger partial charge on any atom is -0.545 e.